The lowest BCUT2D eigenvalue weighted by Gasteiger charge is -2.35. The first-order chi connectivity index (χ1) is 9.49. The predicted molar refractivity (Wildman–Crippen MR) is 83.9 cm³/mol. The molecule has 0 bridgehead atoms. The van der Waals surface area contributed by atoms with Crippen LogP contribution in [-0.4, -0.2) is 28.3 Å². The molecule has 1 aliphatic heterocycles. The van der Waals surface area contributed by atoms with Crippen molar-refractivity contribution in [3.05, 3.63) is 17.8 Å². The lowest BCUT2D eigenvalue weighted by molar-refractivity contribution is 0.419. The highest BCUT2D eigenvalue weighted by atomic mass is 15.3. The summed E-state index contributed by atoms with van der Waals surface area (Å²) >= 11 is 0. The van der Waals surface area contributed by atoms with Gasteiger partial charge in [-0.25, -0.2) is 0 Å². The Balaban J connectivity index is 2.00. The van der Waals surface area contributed by atoms with E-state index in [-0.39, 0.29) is 5.54 Å². The van der Waals surface area contributed by atoms with Crippen LogP contribution in [0, 0.1) is 0 Å². The molecule has 0 spiro atoms. The van der Waals surface area contributed by atoms with E-state index in [9.17, 15) is 0 Å². The van der Waals surface area contributed by atoms with Crippen molar-refractivity contribution in [2.75, 3.05) is 11.4 Å². The molecule has 0 radical (unpaired) electrons. The van der Waals surface area contributed by atoms with E-state index in [1.54, 1.807) is 0 Å². The summed E-state index contributed by atoms with van der Waals surface area (Å²) < 4.78 is 0. The zero-order valence-corrected chi connectivity index (χ0v) is 13.3. The third kappa shape index (κ3) is 4.17. The topological polar surface area (TPSA) is 41.0 Å². The molecule has 0 aromatic carbocycles. The van der Waals surface area contributed by atoms with Crippen molar-refractivity contribution in [2.45, 2.75) is 71.5 Å². The lowest BCUT2D eigenvalue weighted by Crippen LogP contribution is -2.40. The highest BCUT2D eigenvalue weighted by Crippen LogP contribution is 2.24. The van der Waals surface area contributed by atoms with E-state index in [4.69, 9.17) is 0 Å². The molecule has 20 heavy (non-hydrogen) atoms. The summed E-state index contributed by atoms with van der Waals surface area (Å²) in [5, 5.41) is 12.2. The molecule has 0 saturated carbocycles. The van der Waals surface area contributed by atoms with Crippen LogP contribution >= 0.6 is 0 Å². The summed E-state index contributed by atoms with van der Waals surface area (Å²) in [5.74, 6) is 1.04. The Morgan fingerprint density at radius 1 is 1.25 bits per heavy atom. The minimum atomic E-state index is 0.112. The third-order valence-corrected chi connectivity index (χ3v) is 3.90. The number of aromatic nitrogens is 2. The van der Waals surface area contributed by atoms with Gasteiger partial charge >= 0.3 is 0 Å². The molecule has 4 heteroatoms. The van der Waals surface area contributed by atoms with Gasteiger partial charge in [-0.3, -0.25) is 0 Å². The second-order valence-corrected chi connectivity index (χ2v) is 6.74. The summed E-state index contributed by atoms with van der Waals surface area (Å²) in [6.07, 6.45) is 5.09. The lowest BCUT2D eigenvalue weighted by atomic mass is 10.0. The summed E-state index contributed by atoms with van der Waals surface area (Å²) in [5.41, 5.74) is 1.12. The van der Waals surface area contributed by atoms with Crippen molar-refractivity contribution in [2.24, 2.45) is 0 Å². The average molecular weight is 276 g/mol. The van der Waals surface area contributed by atoms with Crippen LogP contribution in [0.5, 0.6) is 0 Å². The Labute approximate surface area is 123 Å². The number of piperidine rings is 1. The molecular formula is C16H28N4. The van der Waals surface area contributed by atoms with E-state index < -0.39 is 0 Å². The Morgan fingerprint density at radius 3 is 2.65 bits per heavy atom. The number of anilines is 1. The highest BCUT2D eigenvalue weighted by molar-refractivity contribution is 5.39. The summed E-state index contributed by atoms with van der Waals surface area (Å²) in [4.78, 5) is 2.43. The van der Waals surface area contributed by atoms with Crippen molar-refractivity contribution < 1.29 is 0 Å². The Hall–Kier alpha value is -1.16. The molecule has 2 heterocycles. The predicted octanol–water partition coefficient (Wildman–Crippen LogP) is 3.13. The molecule has 1 saturated heterocycles. The van der Waals surface area contributed by atoms with Crippen LogP contribution in [0.2, 0.25) is 0 Å². The molecule has 1 aromatic heterocycles. The van der Waals surface area contributed by atoms with Crippen LogP contribution in [0.15, 0.2) is 12.1 Å². The maximum absolute atomic E-state index is 4.44. The molecule has 0 aliphatic carbocycles. The Kier molecular flexibility index (Phi) is 4.97. The first-order valence-electron chi connectivity index (χ1n) is 7.84. The van der Waals surface area contributed by atoms with Crippen molar-refractivity contribution in [3.63, 3.8) is 0 Å². The van der Waals surface area contributed by atoms with E-state index in [0.29, 0.717) is 6.04 Å². The normalized spacial score (nSPS) is 20.2. The second kappa shape index (κ2) is 6.53. The number of nitrogens with zero attached hydrogens (tertiary/aromatic N) is 3. The van der Waals surface area contributed by atoms with Crippen LogP contribution in [0.25, 0.3) is 0 Å². The summed E-state index contributed by atoms with van der Waals surface area (Å²) in [7, 11) is 0. The average Bonchev–Trinajstić information content (AvgIpc) is 2.45. The molecule has 1 aliphatic rings. The molecule has 1 aromatic rings. The van der Waals surface area contributed by atoms with Crippen molar-refractivity contribution in [1.82, 2.24) is 15.5 Å². The van der Waals surface area contributed by atoms with Gasteiger partial charge in [0.15, 0.2) is 5.82 Å². The Bertz CT molecular complexity index is 407. The zero-order valence-electron chi connectivity index (χ0n) is 13.3. The van der Waals surface area contributed by atoms with E-state index in [0.717, 1.165) is 24.6 Å². The smallest absolute Gasteiger partial charge is 0.151 e. The van der Waals surface area contributed by atoms with Gasteiger partial charge in [0.1, 0.15) is 0 Å². The number of hydrogen-bond acceptors (Lipinski definition) is 4. The maximum Gasteiger partial charge on any atom is 0.151 e. The molecule has 2 rings (SSSR count). The molecule has 1 N–H and O–H groups in total. The molecule has 1 atom stereocenters. The molecule has 0 amide bonds. The van der Waals surface area contributed by atoms with Gasteiger partial charge in [-0.05, 0) is 58.6 Å². The van der Waals surface area contributed by atoms with Crippen LogP contribution < -0.4 is 10.2 Å². The number of rotatable bonds is 4. The SMILES string of the molecule is CCC1CCCCN1c1ccc(CNC(C)(C)C)nn1. The van der Waals surface area contributed by atoms with Gasteiger partial charge in [0, 0.05) is 24.7 Å². The second-order valence-electron chi connectivity index (χ2n) is 6.74. The highest BCUT2D eigenvalue weighted by Gasteiger charge is 2.22. The summed E-state index contributed by atoms with van der Waals surface area (Å²) in [6.45, 7) is 10.6. The van der Waals surface area contributed by atoms with Gasteiger partial charge in [-0.15, -0.1) is 5.10 Å². The van der Waals surface area contributed by atoms with Crippen LogP contribution in [-0.2, 0) is 6.54 Å². The van der Waals surface area contributed by atoms with Gasteiger partial charge in [-0.2, -0.15) is 5.10 Å². The van der Waals surface area contributed by atoms with Crippen LogP contribution in [0.3, 0.4) is 0 Å². The fourth-order valence-corrected chi connectivity index (χ4v) is 2.68. The minimum Gasteiger partial charge on any atom is -0.352 e. The van der Waals surface area contributed by atoms with Gasteiger partial charge in [0.2, 0.25) is 0 Å². The van der Waals surface area contributed by atoms with Crippen LogP contribution in [0.1, 0.15) is 59.1 Å². The monoisotopic (exact) mass is 276 g/mol. The van der Waals surface area contributed by atoms with Crippen molar-refractivity contribution in [1.29, 1.82) is 0 Å². The third-order valence-electron chi connectivity index (χ3n) is 3.90. The van der Waals surface area contributed by atoms with Gasteiger partial charge in [0.05, 0.1) is 5.69 Å². The Morgan fingerprint density at radius 2 is 2.05 bits per heavy atom. The van der Waals surface area contributed by atoms with E-state index in [2.05, 4.69) is 60.2 Å². The fourth-order valence-electron chi connectivity index (χ4n) is 2.68. The number of nitrogens with one attached hydrogen (secondary N) is 1. The first-order valence-corrected chi connectivity index (χ1v) is 7.84. The minimum absolute atomic E-state index is 0.112. The zero-order chi connectivity index (χ0) is 14.6. The van der Waals surface area contributed by atoms with Crippen molar-refractivity contribution >= 4 is 5.82 Å². The molecule has 1 unspecified atom stereocenters. The van der Waals surface area contributed by atoms with Gasteiger partial charge < -0.3 is 10.2 Å². The van der Waals surface area contributed by atoms with Gasteiger partial charge in [0.25, 0.3) is 0 Å². The first kappa shape index (κ1) is 15.2. The molecule has 4 nitrogen and oxygen atoms in total. The van der Waals surface area contributed by atoms with Crippen LogP contribution in [0.4, 0.5) is 5.82 Å². The summed E-state index contributed by atoms with van der Waals surface area (Å²) in [6, 6.07) is 4.86. The molecule has 1 fully saturated rings. The quantitative estimate of drug-likeness (QED) is 0.917. The van der Waals surface area contributed by atoms with E-state index in [1.807, 2.05) is 0 Å². The maximum atomic E-state index is 4.44. The van der Waals surface area contributed by atoms with E-state index in [1.165, 1.54) is 25.7 Å². The van der Waals surface area contributed by atoms with Crippen molar-refractivity contribution in [3.8, 4) is 0 Å². The fraction of sp³-hybridized carbons (Fsp3) is 0.750. The standard InChI is InChI=1S/C16H28N4/c1-5-14-8-6-7-11-20(14)15-10-9-13(18-19-15)12-17-16(2,3)4/h9-10,14,17H,5-8,11-12H2,1-4H3. The molecular weight excluding hydrogens is 248 g/mol. The number of hydrogen-bond donors (Lipinski definition) is 1. The molecule has 112 valence electrons. The largest absolute Gasteiger partial charge is 0.352 e. The van der Waals surface area contributed by atoms with Gasteiger partial charge in [-0.1, -0.05) is 6.92 Å². The van der Waals surface area contributed by atoms with E-state index >= 15 is 0 Å².